The van der Waals surface area contributed by atoms with Crippen LogP contribution in [0.25, 0.3) is 0 Å². The Morgan fingerprint density at radius 3 is 2.50 bits per heavy atom. The van der Waals surface area contributed by atoms with E-state index in [-0.39, 0.29) is 5.92 Å². The first-order valence-corrected chi connectivity index (χ1v) is 6.26. The molecule has 0 spiro atoms. The highest BCUT2D eigenvalue weighted by Crippen LogP contribution is 2.30. The maximum Gasteiger partial charge on any atom is 0.316 e. The summed E-state index contributed by atoms with van der Waals surface area (Å²) in [6.45, 7) is 4.01. The number of nitrogens with two attached hydrogens (primary N) is 1. The molecule has 0 aromatic heterocycles. The number of aliphatic carboxylic acids is 1. The number of nitrogens with zero attached hydrogens (tertiary/aromatic N) is 1. The van der Waals surface area contributed by atoms with Gasteiger partial charge >= 0.3 is 5.97 Å². The van der Waals surface area contributed by atoms with Crippen molar-refractivity contribution < 1.29 is 19.5 Å². The van der Waals surface area contributed by atoms with Gasteiger partial charge in [0, 0.05) is 6.54 Å². The molecule has 1 saturated heterocycles. The number of hydrogen-bond donors (Lipinski definition) is 2. The van der Waals surface area contributed by atoms with E-state index in [1.54, 1.807) is 6.92 Å². The summed E-state index contributed by atoms with van der Waals surface area (Å²) < 4.78 is 0. The highest BCUT2D eigenvalue weighted by molar-refractivity contribution is 6.00. The summed E-state index contributed by atoms with van der Waals surface area (Å²) in [5.74, 6) is -3.43. The number of carbonyl (C=O) groups excluding carboxylic acids is 2. The summed E-state index contributed by atoms with van der Waals surface area (Å²) in [6, 6.07) is -0.693. The number of hydrogen-bond acceptors (Lipinski definition) is 3. The predicted molar refractivity (Wildman–Crippen MR) is 64.5 cm³/mol. The highest BCUT2D eigenvalue weighted by atomic mass is 16.4. The minimum atomic E-state index is -1.11. The molecule has 102 valence electrons. The van der Waals surface area contributed by atoms with Crippen LogP contribution < -0.4 is 5.73 Å². The van der Waals surface area contributed by atoms with Gasteiger partial charge in [-0.15, -0.1) is 0 Å². The minimum Gasteiger partial charge on any atom is -0.481 e. The van der Waals surface area contributed by atoms with E-state index >= 15 is 0 Å². The highest BCUT2D eigenvalue weighted by Gasteiger charge is 2.47. The average molecular weight is 256 g/mol. The Morgan fingerprint density at radius 2 is 2.11 bits per heavy atom. The number of amides is 2. The van der Waals surface area contributed by atoms with Crippen LogP contribution >= 0.6 is 0 Å². The van der Waals surface area contributed by atoms with Gasteiger partial charge in [-0.05, 0) is 18.8 Å². The summed E-state index contributed by atoms with van der Waals surface area (Å²) in [6.07, 6.45) is 1.88. The fourth-order valence-corrected chi connectivity index (χ4v) is 2.62. The van der Waals surface area contributed by atoms with E-state index < -0.39 is 29.7 Å². The molecule has 6 heteroatoms. The first-order chi connectivity index (χ1) is 8.43. The van der Waals surface area contributed by atoms with E-state index in [0.29, 0.717) is 19.4 Å². The maximum absolute atomic E-state index is 12.1. The Bertz CT molecular complexity index is 356. The zero-order valence-electron chi connectivity index (χ0n) is 10.8. The second kappa shape index (κ2) is 5.84. The topological polar surface area (TPSA) is 101 Å². The van der Waals surface area contributed by atoms with Crippen LogP contribution in [0.15, 0.2) is 0 Å². The van der Waals surface area contributed by atoms with E-state index in [9.17, 15) is 14.4 Å². The van der Waals surface area contributed by atoms with Crippen molar-refractivity contribution in [1.29, 1.82) is 0 Å². The molecule has 6 nitrogen and oxygen atoms in total. The first kappa shape index (κ1) is 14.5. The van der Waals surface area contributed by atoms with Crippen molar-refractivity contribution in [2.75, 3.05) is 6.54 Å². The number of carbonyl (C=O) groups is 3. The van der Waals surface area contributed by atoms with Crippen molar-refractivity contribution in [3.05, 3.63) is 0 Å². The quantitative estimate of drug-likeness (QED) is 0.663. The van der Waals surface area contributed by atoms with Crippen LogP contribution in [0, 0.1) is 11.8 Å². The number of rotatable bonds is 6. The van der Waals surface area contributed by atoms with Gasteiger partial charge in [0.25, 0.3) is 0 Å². The summed E-state index contributed by atoms with van der Waals surface area (Å²) >= 11 is 0. The van der Waals surface area contributed by atoms with Crippen molar-refractivity contribution in [3.63, 3.8) is 0 Å². The Hall–Kier alpha value is -1.59. The molecule has 0 bridgehead atoms. The molecule has 1 heterocycles. The normalized spacial score (nSPS) is 25.2. The Balaban J connectivity index is 2.94. The van der Waals surface area contributed by atoms with Crippen LogP contribution in [0.4, 0.5) is 0 Å². The van der Waals surface area contributed by atoms with E-state index in [0.717, 1.165) is 6.42 Å². The van der Waals surface area contributed by atoms with Gasteiger partial charge < -0.3 is 15.7 Å². The summed E-state index contributed by atoms with van der Waals surface area (Å²) in [4.78, 5) is 35.9. The van der Waals surface area contributed by atoms with Gasteiger partial charge in [0.2, 0.25) is 11.8 Å². The van der Waals surface area contributed by atoms with Gasteiger partial charge in [-0.1, -0.05) is 20.3 Å². The summed E-state index contributed by atoms with van der Waals surface area (Å²) in [5, 5.41) is 9.13. The fourth-order valence-electron chi connectivity index (χ4n) is 2.62. The van der Waals surface area contributed by atoms with Crippen molar-refractivity contribution in [1.82, 2.24) is 4.90 Å². The van der Waals surface area contributed by atoms with Gasteiger partial charge in [0.15, 0.2) is 0 Å². The first-order valence-electron chi connectivity index (χ1n) is 6.26. The molecule has 0 aliphatic carbocycles. The maximum atomic E-state index is 12.1. The standard InChI is InChI=1S/C12H20N2O4/c1-3-5-7-6-14(8(4-2)10(13)15)11(16)9(7)12(17)18/h7-9H,3-6H2,1-2H3,(H2,13,15)(H,17,18)/t7-,8-,9?/m0/s1. The largest absolute Gasteiger partial charge is 0.481 e. The fraction of sp³-hybridized carbons (Fsp3) is 0.750. The molecule has 1 fully saturated rings. The zero-order chi connectivity index (χ0) is 13.9. The second-order valence-corrected chi connectivity index (χ2v) is 4.68. The second-order valence-electron chi connectivity index (χ2n) is 4.68. The predicted octanol–water partition coefficient (Wildman–Crippen LogP) is 0.210. The lowest BCUT2D eigenvalue weighted by atomic mass is 9.92. The molecule has 0 saturated carbocycles. The molecule has 1 rings (SSSR count). The van der Waals surface area contributed by atoms with E-state index in [2.05, 4.69) is 0 Å². The monoisotopic (exact) mass is 256 g/mol. The van der Waals surface area contributed by atoms with Crippen molar-refractivity contribution in [2.45, 2.75) is 39.2 Å². The van der Waals surface area contributed by atoms with Gasteiger partial charge in [-0.3, -0.25) is 14.4 Å². The Kier molecular flexibility index (Phi) is 4.69. The van der Waals surface area contributed by atoms with Crippen molar-refractivity contribution >= 4 is 17.8 Å². The summed E-state index contributed by atoms with van der Waals surface area (Å²) in [7, 11) is 0. The molecule has 2 amide bonds. The lowest BCUT2D eigenvalue weighted by Gasteiger charge is -2.24. The lowest BCUT2D eigenvalue weighted by Crippen LogP contribution is -2.46. The van der Waals surface area contributed by atoms with E-state index in [1.807, 2.05) is 6.92 Å². The number of carboxylic acids is 1. The smallest absolute Gasteiger partial charge is 0.316 e. The molecule has 0 aromatic carbocycles. The molecule has 1 aliphatic rings. The van der Waals surface area contributed by atoms with Crippen molar-refractivity contribution in [2.24, 2.45) is 17.6 Å². The van der Waals surface area contributed by atoms with Gasteiger partial charge in [-0.2, -0.15) is 0 Å². The number of likely N-dealkylation sites (tertiary alicyclic amines) is 1. The van der Waals surface area contributed by atoms with Crippen LogP contribution in [-0.4, -0.2) is 40.4 Å². The molecule has 3 atom stereocenters. The number of primary amides is 1. The SMILES string of the molecule is CCC[C@H]1CN([C@@H](CC)C(N)=O)C(=O)C1C(=O)O. The van der Waals surface area contributed by atoms with Crippen LogP contribution in [0.2, 0.25) is 0 Å². The molecule has 1 unspecified atom stereocenters. The molecule has 1 aliphatic heterocycles. The van der Waals surface area contributed by atoms with Gasteiger partial charge in [0.1, 0.15) is 12.0 Å². The Morgan fingerprint density at radius 1 is 1.50 bits per heavy atom. The number of carboxylic acid groups (broad SMARTS) is 1. The Labute approximate surface area is 106 Å². The third-order valence-electron chi connectivity index (χ3n) is 3.47. The van der Waals surface area contributed by atoms with Crippen LogP contribution in [0.5, 0.6) is 0 Å². The van der Waals surface area contributed by atoms with Crippen molar-refractivity contribution in [3.8, 4) is 0 Å². The zero-order valence-corrected chi connectivity index (χ0v) is 10.8. The van der Waals surface area contributed by atoms with E-state index in [4.69, 9.17) is 10.8 Å². The molecular formula is C12H20N2O4. The van der Waals surface area contributed by atoms with Crippen LogP contribution in [0.1, 0.15) is 33.1 Å². The van der Waals surface area contributed by atoms with E-state index in [1.165, 1.54) is 4.90 Å². The third kappa shape index (κ3) is 2.63. The lowest BCUT2D eigenvalue weighted by molar-refractivity contribution is -0.150. The molecule has 3 N–H and O–H groups in total. The third-order valence-corrected chi connectivity index (χ3v) is 3.47. The summed E-state index contributed by atoms with van der Waals surface area (Å²) in [5.41, 5.74) is 5.25. The average Bonchev–Trinajstić information content (AvgIpc) is 2.57. The minimum absolute atomic E-state index is 0.228. The molecule has 0 aromatic rings. The van der Waals surface area contributed by atoms with Gasteiger partial charge in [0.05, 0.1) is 0 Å². The van der Waals surface area contributed by atoms with Crippen LogP contribution in [-0.2, 0) is 14.4 Å². The molecule has 0 radical (unpaired) electrons. The molecule has 18 heavy (non-hydrogen) atoms. The van der Waals surface area contributed by atoms with Crippen LogP contribution in [0.3, 0.4) is 0 Å². The molecular weight excluding hydrogens is 236 g/mol. The van der Waals surface area contributed by atoms with Gasteiger partial charge in [-0.25, -0.2) is 0 Å².